The van der Waals surface area contributed by atoms with Crippen molar-refractivity contribution < 1.29 is 14.4 Å². The third-order valence-electron chi connectivity index (χ3n) is 5.97. The van der Waals surface area contributed by atoms with Crippen molar-refractivity contribution in [2.75, 3.05) is 0 Å². The highest BCUT2D eigenvalue weighted by Gasteiger charge is 2.52. The topological polar surface area (TPSA) is 69.4 Å². The van der Waals surface area contributed by atoms with E-state index in [1.807, 2.05) is 53.8 Å². The van der Waals surface area contributed by atoms with Crippen LogP contribution in [0.2, 0.25) is 0 Å². The molecule has 2 aromatic heterocycles. The first-order chi connectivity index (χ1) is 11.5. The number of aliphatic hydroxyl groups is 1. The number of aryl methyl sites for hydroxylation is 1. The molecule has 2 fully saturated rings. The summed E-state index contributed by atoms with van der Waals surface area (Å²) < 4.78 is 14.4. The molecule has 1 N–H and O–H groups in total. The first-order valence-electron chi connectivity index (χ1n) is 8.92. The molecule has 2 aliphatic rings. The normalized spacial score (nSPS) is 30.7. The van der Waals surface area contributed by atoms with Gasteiger partial charge in [0.15, 0.2) is 5.65 Å². The Morgan fingerprint density at radius 3 is 2.32 bits per heavy atom. The number of fused-ring (bicyclic) bond motifs is 1. The van der Waals surface area contributed by atoms with Crippen LogP contribution in [-0.2, 0) is 9.31 Å². The minimum absolute atomic E-state index is 0.259. The van der Waals surface area contributed by atoms with Crippen molar-refractivity contribution in [3.8, 4) is 0 Å². The lowest BCUT2D eigenvalue weighted by Crippen LogP contribution is -2.42. The Hall–Kier alpha value is -1.44. The molecular formula is C18H26BN3O3. The van der Waals surface area contributed by atoms with Crippen molar-refractivity contribution >= 4 is 23.7 Å². The molecule has 6 nitrogen and oxygen atoms in total. The monoisotopic (exact) mass is 343 g/mol. The van der Waals surface area contributed by atoms with Crippen LogP contribution in [0, 0.1) is 6.92 Å². The number of aromatic nitrogens is 3. The van der Waals surface area contributed by atoms with E-state index in [9.17, 15) is 5.11 Å². The summed E-state index contributed by atoms with van der Waals surface area (Å²) in [5, 5.41) is 10.0. The lowest BCUT2D eigenvalue weighted by Gasteiger charge is -2.42. The fraction of sp³-hybridized carbons (Fsp3) is 0.667. The van der Waals surface area contributed by atoms with Crippen molar-refractivity contribution in [1.29, 1.82) is 0 Å². The second kappa shape index (κ2) is 5.05. The number of hydrogen-bond acceptors (Lipinski definition) is 5. The summed E-state index contributed by atoms with van der Waals surface area (Å²) in [6, 6.07) is 2.26. The maximum atomic E-state index is 10.0. The van der Waals surface area contributed by atoms with Crippen molar-refractivity contribution in [2.45, 2.75) is 77.2 Å². The van der Waals surface area contributed by atoms with Crippen LogP contribution < -0.4 is 5.46 Å². The van der Waals surface area contributed by atoms with Crippen LogP contribution in [0.25, 0.3) is 11.2 Å². The predicted molar refractivity (Wildman–Crippen MR) is 96.9 cm³/mol. The van der Waals surface area contributed by atoms with Crippen molar-refractivity contribution in [1.82, 2.24) is 14.5 Å². The Balaban J connectivity index is 1.67. The van der Waals surface area contributed by atoms with E-state index < -0.39 is 12.7 Å². The van der Waals surface area contributed by atoms with Gasteiger partial charge in [0, 0.05) is 17.7 Å². The Morgan fingerprint density at radius 1 is 1.16 bits per heavy atom. The maximum absolute atomic E-state index is 10.0. The zero-order valence-corrected chi connectivity index (χ0v) is 15.8. The first kappa shape index (κ1) is 17.0. The summed E-state index contributed by atoms with van der Waals surface area (Å²) in [6.07, 6.45) is 3.29. The van der Waals surface area contributed by atoms with Crippen LogP contribution in [0.1, 0.15) is 59.3 Å². The molecule has 0 spiro atoms. The number of hydrogen-bond donors (Lipinski definition) is 1. The summed E-state index contributed by atoms with van der Waals surface area (Å²) in [7, 11) is -0.434. The van der Waals surface area contributed by atoms with Gasteiger partial charge < -0.3 is 19.0 Å². The number of rotatable bonds is 2. The van der Waals surface area contributed by atoms with Gasteiger partial charge in [-0.2, -0.15) is 0 Å². The van der Waals surface area contributed by atoms with Gasteiger partial charge in [0.25, 0.3) is 0 Å². The van der Waals surface area contributed by atoms with Crippen molar-refractivity contribution in [3.05, 3.63) is 18.1 Å². The van der Waals surface area contributed by atoms with Gasteiger partial charge in [0.1, 0.15) is 11.3 Å². The molecule has 134 valence electrons. The van der Waals surface area contributed by atoms with Gasteiger partial charge in [-0.1, -0.05) is 0 Å². The van der Waals surface area contributed by atoms with Crippen LogP contribution in [0.3, 0.4) is 0 Å². The molecule has 0 unspecified atom stereocenters. The first-order valence-corrected chi connectivity index (χ1v) is 8.92. The standard InChI is InChI=1S/C18H26BN3O3/c1-11-21-14-7-12(19-24-16(2,3)17(4,5)25-19)10-20-15(14)22(11)13-8-18(6,23)9-13/h7,10,13,23H,8-9H2,1-6H3/t13-,18+. The van der Waals surface area contributed by atoms with Crippen LogP contribution in [0.15, 0.2) is 12.3 Å². The molecule has 1 aliphatic carbocycles. The summed E-state index contributed by atoms with van der Waals surface area (Å²) in [6.45, 7) is 12.0. The van der Waals surface area contributed by atoms with Gasteiger partial charge in [0.05, 0.1) is 16.8 Å². The summed E-state index contributed by atoms with van der Waals surface area (Å²) in [4.78, 5) is 9.33. The molecule has 0 amide bonds. The fourth-order valence-electron chi connectivity index (χ4n) is 3.79. The molecule has 1 saturated carbocycles. The molecule has 3 heterocycles. The highest BCUT2D eigenvalue weighted by atomic mass is 16.7. The number of pyridine rings is 1. The zero-order valence-electron chi connectivity index (χ0n) is 15.8. The van der Waals surface area contributed by atoms with Crippen LogP contribution >= 0.6 is 0 Å². The Bertz CT molecular complexity index is 819. The maximum Gasteiger partial charge on any atom is 0.496 e. The van der Waals surface area contributed by atoms with Gasteiger partial charge in [0.2, 0.25) is 0 Å². The highest BCUT2D eigenvalue weighted by Crippen LogP contribution is 2.42. The van der Waals surface area contributed by atoms with Gasteiger partial charge in [-0.15, -0.1) is 0 Å². The highest BCUT2D eigenvalue weighted by molar-refractivity contribution is 6.62. The second-order valence-corrected chi connectivity index (χ2v) is 8.79. The quantitative estimate of drug-likeness (QED) is 0.846. The summed E-state index contributed by atoms with van der Waals surface area (Å²) in [5.41, 5.74) is 1.26. The van der Waals surface area contributed by atoms with Crippen LogP contribution in [0.4, 0.5) is 0 Å². The number of nitrogens with zero attached hydrogens (tertiary/aromatic N) is 3. The van der Waals surface area contributed by atoms with Crippen molar-refractivity contribution in [2.24, 2.45) is 0 Å². The Kier molecular flexibility index (Phi) is 3.44. The summed E-state index contributed by atoms with van der Waals surface area (Å²) in [5.74, 6) is 0.925. The average molecular weight is 343 g/mol. The fourth-order valence-corrected chi connectivity index (χ4v) is 3.79. The van der Waals surface area contributed by atoms with Gasteiger partial charge >= 0.3 is 7.12 Å². The van der Waals surface area contributed by atoms with E-state index in [0.717, 1.165) is 35.3 Å². The molecule has 1 saturated heterocycles. The van der Waals surface area contributed by atoms with Gasteiger partial charge in [-0.25, -0.2) is 9.97 Å². The van der Waals surface area contributed by atoms with Crippen LogP contribution in [-0.4, -0.2) is 43.6 Å². The lowest BCUT2D eigenvalue weighted by atomic mass is 9.77. The number of imidazole rings is 1. The average Bonchev–Trinajstić information content (AvgIpc) is 2.88. The minimum atomic E-state index is -0.573. The van der Waals surface area contributed by atoms with Gasteiger partial charge in [-0.05, 0) is 60.5 Å². The molecule has 0 atom stereocenters. The lowest BCUT2D eigenvalue weighted by molar-refractivity contribution is -0.0504. The SMILES string of the molecule is Cc1nc2cc(B3OC(C)(C)C(C)(C)O3)cnc2n1[C@H]1C[C@@](C)(O)C1. The Morgan fingerprint density at radius 2 is 1.76 bits per heavy atom. The molecule has 7 heteroatoms. The second-order valence-electron chi connectivity index (χ2n) is 8.79. The van der Waals surface area contributed by atoms with Gasteiger partial charge in [-0.3, -0.25) is 0 Å². The van der Waals surface area contributed by atoms with E-state index in [1.165, 1.54) is 0 Å². The molecular weight excluding hydrogens is 317 g/mol. The van der Waals surface area contributed by atoms with E-state index in [-0.39, 0.29) is 17.2 Å². The minimum Gasteiger partial charge on any atom is -0.399 e. The van der Waals surface area contributed by atoms with Crippen molar-refractivity contribution in [3.63, 3.8) is 0 Å². The zero-order chi connectivity index (χ0) is 18.2. The van der Waals surface area contributed by atoms with E-state index >= 15 is 0 Å². The van der Waals surface area contributed by atoms with E-state index in [1.54, 1.807) is 0 Å². The largest absolute Gasteiger partial charge is 0.496 e. The molecule has 1 aliphatic heterocycles. The van der Waals surface area contributed by atoms with E-state index in [2.05, 4.69) is 14.5 Å². The Labute approximate surface area is 148 Å². The molecule has 0 aromatic carbocycles. The summed E-state index contributed by atoms with van der Waals surface area (Å²) >= 11 is 0. The predicted octanol–water partition coefficient (Wildman–Crippen LogP) is 2.12. The smallest absolute Gasteiger partial charge is 0.399 e. The van der Waals surface area contributed by atoms with E-state index in [0.29, 0.717) is 0 Å². The molecule has 2 aromatic rings. The van der Waals surface area contributed by atoms with E-state index in [4.69, 9.17) is 9.31 Å². The molecule has 0 radical (unpaired) electrons. The van der Waals surface area contributed by atoms with Crippen LogP contribution in [0.5, 0.6) is 0 Å². The third-order valence-corrected chi connectivity index (χ3v) is 5.97. The molecule has 4 rings (SSSR count). The molecule has 25 heavy (non-hydrogen) atoms. The molecule has 0 bridgehead atoms. The third kappa shape index (κ3) is 2.60.